The fourth-order valence-electron chi connectivity index (χ4n) is 2.47. The molecule has 1 aliphatic heterocycles. The Hall–Kier alpha value is -0.420. The van der Waals surface area contributed by atoms with Crippen molar-refractivity contribution in [2.24, 2.45) is 5.92 Å². The molecular formula is C14H20BrNO2. The van der Waals surface area contributed by atoms with Gasteiger partial charge in [-0.1, -0.05) is 34.1 Å². The van der Waals surface area contributed by atoms with Gasteiger partial charge in [0.05, 0.1) is 6.10 Å². The van der Waals surface area contributed by atoms with E-state index < -0.39 is 6.10 Å². The molecule has 2 rings (SSSR count). The monoisotopic (exact) mass is 313 g/mol. The van der Waals surface area contributed by atoms with Gasteiger partial charge in [0.15, 0.2) is 0 Å². The van der Waals surface area contributed by atoms with Gasteiger partial charge in [0.2, 0.25) is 0 Å². The van der Waals surface area contributed by atoms with E-state index >= 15 is 0 Å². The van der Waals surface area contributed by atoms with Crippen molar-refractivity contribution >= 4 is 15.9 Å². The van der Waals surface area contributed by atoms with E-state index in [2.05, 4.69) is 20.8 Å². The van der Waals surface area contributed by atoms with Crippen molar-refractivity contribution in [3.63, 3.8) is 0 Å². The SMILES string of the molecule is OCC1CCN(CCC(O)c2ccccc2Br)C1. The first kappa shape index (κ1) is 14.0. The van der Waals surface area contributed by atoms with Gasteiger partial charge in [-0.2, -0.15) is 0 Å². The Morgan fingerprint density at radius 1 is 1.39 bits per heavy atom. The van der Waals surface area contributed by atoms with Crippen LogP contribution in [0.25, 0.3) is 0 Å². The summed E-state index contributed by atoms with van der Waals surface area (Å²) < 4.78 is 0.965. The molecule has 2 unspecified atom stereocenters. The molecule has 18 heavy (non-hydrogen) atoms. The zero-order valence-corrected chi connectivity index (χ0v) is 12.0. The Kier molecular flexibility index (Phi) is 5.18. The minimum Gasteiger partial charge on any atom is -0.396 e. The van der Waals surface area contributed by atoms with Gasteiger partial charge in [0.25, 0.3) is 0 Å². The lowest BCUT2D eigenvalue weighted by Crippen LogP contribution is -2.24. The Balaban J connectivity index is 1.82. The molecule has 0 aliphatic carbocycles. The number of aliphatic hydroxyl groups excluding tert-OH is 2. The average molecular weight is 314 g/mol. The highest BCUT2D eigenvalue weighted by atomic mass is 79.9. The number of hydrogen-bond donors (Lipinski definition) is 2. The summed E-state index contributed by atoms with van der Waals surface area (Å²) in [5.74, 6) is 0.422. The Morgan fingerprint density at radius 3 is 2.83 bits per heavy atom. The summed E-state index contributed by atoms with van der Waals surface area (Å²) in [6, 6.07) is 7.80. The van der Waals surface area contributed by atoms with Crippen molar-refractivity contribution in [2.75, 3.05) is 26.2 Å². The summed E-state index contributed by atoms with van der Waals surface area (Å²) in [6.07, 6.45) is 1.39. The topological polar surface area (TPSA) is 43.7 Å². The van der Waals surface area contributed by atoms with Gasteiger partial charge < -0.3 is 15.1 Å². The fraction of sp³-hybridized carbons (Fsp3) is 0.571. The predicted octanol–water partition coefficient (Wildman–Crippen LogP) is 2.19. The molecule has 3 nitrogen and oxygen atoms in total. The maximum atomic E-state index is 10.2. The molecule has 2 atom stereocenters. The van der Waals surface area contributed by atoms with Crippen LogP contribution >= 0.6 is 15.9 Å². The quantitative estimate of drug-likeness (QED) is 0.875. The van der Waals surface area contributed by atoms with Crippen molar-refractivity contribution in [3.05, 3.63) is 34.3 Å². The molecule has 1 aromatic carbocycles. The van der Waals surface area contributed by atoms with Crippen LogP contribution in [0.15, 0.2) is 28.7 Å². The largest absolute Gasteiger partial charge is 0.396 e. The first-order valence-corrected chi connectivity index (χ1v) is 7.25. The van der Waals surface area contributed by atoms with Crippen molar-refractivity contribution < 1.29 is 10.2 Å². The smallest absolute Gasteiger partial charge is 0.0813 e. The summed E-state index contributed by atoms with van der Waals surface area (Å²) in [6.45, 7) is 3.16. The molecule has 2 N–H and O–H groups in total. The first-order valence-electron chi connectivity index (χ1n) is 6.46. The molecule has 0 radical (unpaired) electrons. The van der Waals surface area contributed by atoms with Gasteiger partial charge in [-0.25, -0.2) is 0 Å². The molecule has 0 spiro atoms. The van der Waals surface area contributed by atoms with Crippen LogP contribution in [0.2, 0.25) is 0 Å². The standard InChI is InChI=1S/C14H20BrNO2/c15-13-4-2-1-3-12(13)14(18)6-8-16-7-5-11(9-16)10-17/h1-4,11,14,17-18H,5-10H2. The van der Waals surface area contributed by atoms with Gasteiger partial charge in [-0.05, 0) is 36.9 Å². The van der Waals surface area contributed by atoms with Crippen LogP contribution in [0.4, 0.5) is 0 Å². The lowest BCUT2D eigenvalue weighted by Gasteiger charge is -2.19. The van der Waals surface area contributed by atoms with Crippen LogP contribution < -0.4 is 0 Å². The Morgan fingerprint density at radius 2 is 2.17 bits per heavy atom. The van der Waals surface area contributed by atoms with E-state index in [4.69, 9.17) is 5.11 Å². The van der Waals surface area contributed by atoms with Crippen molar-refractivity contribution in [3.8, 4) is 0 Å². The molecular weight excluding hydrogens is 294 g/mol. The van der Waals surface area contributed by atoms with Crippen LogP contribution in [-0.4, -0.2) is 41.4 Å². The van der Waals surface area contributed by atoms with E-state index in [1.54, 1.807) is 0 Å². The maximum absolute atomic E-state index is 10.2. The number of hydrogen-bond acceptors (Lipinski definition) is 3. The van der Waals surface area contributed by atoms with Gasteiger partial charge in [-0.15, -0.1) is 0 Å². The molecule has 0 saturated carbocycles. The van der Waals surface area contributed by atoms with Crippen molar-refractivity contribution in [2.45, 2.75) is 18.9 Å². The van der Waals surface area contributed by atoms with Gasteiger partial charge in [-0.3, -0.25) is 0 Å². The highest BCUT2D eigenvalue weighted by molar-refractivity contribution is 9.10. The Labute approximate surface area is 117 Å². The summed E-state index contributed by atoms with van der Waals surface area (Å²) in [5, 5.41) is 19.3. The molecule has 1 aromatic rings. The lowest BCUT2D eigenvalue weighted by atomic mass is 10.1. The molecule has 1 aliphatic rings. The zero-order valence-electron chi connectivity index (χ0n) is 10.4. The lowest BCUT2D eigenvalue weighted by molar-refractivity contribution is 0.145. The average Bonchev–Trinajstić information content (AvgIpc) is 2.84. The number of nitrogens with zero attached hydrogens (tertiary/aromatic N) is 1. The minimum atomic E-state index is -0.422. The molecule has 1 saturated heterocycles. The molecule has 0 bridgehead atoms. The fourth-order valence-corrected chi connectivity index (χ4v) is 3.02. The van der Waals surface area contributed by atoms with Gasteiger partial charge >= 0.3 is 0 Å². The molecule has 0 amide bonds. The van der Waals surface area contributed by atoms with Crippen LogP contribution in [0, 0.1) is 5.92 Å². The normalized spacial score (nSPS) is 22.3. The number of rotatable bonds is 5. The predicted molar refractivity (Wildman–Crippen MR) is 75.4 cm³/mol. The minimum absolute atomic E-state index is 0.281. The van der Waals surface area contributed by atoms with E-state index in [1.807, 2.05) is 24.3 Å². The molecule has 4 heteroatoms. The highest BCUT2D eigenvalue weighted by Crippen LogP contribution is 2.26. The van der Waals surface area contributed by atoms with Gasteiger partial charge in [0, 0.05) is 24.2 Å². The van der Waals surface area contributed by atoms with Crippen molar-refractivity contribution in [1.82, 2.24) is 4.90 Å². The van der Waals surface area contributed by atoms with Crippen LogP contribution in [-0.2, 0) is 0 Å². The summed E-state index contributed by atoms with van der Waals surface area (Å²) in [7, 11) is 0. The first-order chi connectivity index (χ1) is 8.70. The second-order valence-electron chi connectivity index (χ2n) is 4.96. The molecule has 1 heterocycles. The third-order valence-corrected chi connectivity index (χ3v) is 4.33. The maximum Gasteiger partial charge on any atom is 0.0813 e. The summed E-state index contributed by atoms with van der Waals surface area (Å²) in [4.78, 5) is 2.32. The third kappa shape index (κ3) is 3.54. The number of halogens is 1. The Bertz CT molecular complexity index is 386. The zero-order chi connectivity index (χ0) is 13.0. The summed E-state index contributed by atoms with van der Waals surface area (Å²) >= 11 is 3.46. The highest BCUT2D eigenvalue weighted by Gasteiger charge is 2.22. The van der Waals surface area contributed by atoms with E-state index in [0.29, 0.717) is 5.92 Å². The molecule has 0 aromatic heterocycles. The number of benzene rings is 1. The second-order valence-corrected chi connectivity index (χ2v) is 5.82. The van der Waals surface area contributed by atoms with Gasteiger partial charge in [0.1, 0.15) is 0 Å². The van der Waals surface area contributed by atoms with E-state index in [1.165, 1.54) is 0 Å². The van der Waals surface area contributed by atoms with E-state index in [9.17, 15) is 5.11 Å². The summed E-state index contributed by atoms with van der Waals surface area (Å²) in [5.41, 5.74) is 0.954. The molecule has 1 fully saturated rings. The van der Waals surface area contributed by atoms with Crippen molar-refractivity contribution in [1.29, 1.82) is 0 Å². The van der Waals surface area contributed by atoms with Crippen LogP contribution in [0.3, 0.4) is 0 Å². The number of aliphatic hydroxyl groups is 2. The molecule has 100 valence electrons. The van der Waals surface area contributed by atoms with E-state index in [-0.39, 0.29) is 6.61 Å². The third-order valence-electron chi connectivity index (χ3n) is 3.61. The second kappa shape index (κ2) is 6.66. The van der Waals surface area contributed by atoms with Crippen LogP contribution in [0.5, 0.6) is 0 Å². The van der Waals surface area contributed by atoms with Crippen LogP contribution in [0.1, 0.15) is 24.5 Å². The van der Waals surface area contributed by atoms with E-state index in [0.717, 1.165) is 42.5 Å². The number of likely N-dealkylation sites (tertiary alicyclic amines) is 1.